The number of rotatable bonds is 5. The molecule has 0 aliphatic rings. The average Bonchev–Trinajstić information content (AvgIpc) is 2.22. The fourth-order valence-electron chi connectivity index (χ4n) is 1.30. The molecule has 1 aromatic rings. The van der Waals surface area contributed by atoms with Gasteiger partial charge in [0.05, 0.1) is 24.2 Å². The molecule has 1 aromatic carbocycles. The summed E-state index contributed by atoms with van der Waals surface area (Å²) < 4.78 is 24.1. The molecule has 0 aliphatic heterocycles. The Hall–Kier alpha value is -0.140. The summed E-state index contributed by atoms with van der Waals surface area (Å²) in [6, 6.07) is 4.92. The molecule has 17 heavy (non-hydrogen) atoms. The molecule has 1 rings (SSSR count). The van der Waals surface area contributed by atoms with Gasteiger partial charge >= 0.3 is 0 Å². The first-order valence-electron chi connectivity index (χ1n) is 4.77. The van der Waals surface area contributed by atoms with Crippen LogP contribution in [0.15, 0.2) is 22.7 Å². The molecule has 7 heteroatoms. The van der Waals surface area contributed by atoms with Crippen LogP contribution in [0.2, 0.25) is 5.02 Å². The van der Waals surface area contributed by atoms with Crippen molar-refractivity contribution in [2.24, 2.45) is 0 Å². The minimum atomic E-state index is -3.50. The molecule has 0 radical (unpaired) electrons. The second-order valence-electron chi connectivity index (χ2n) is 3.63. The van der Waals surface area contributed by atoms with Crippen LogP contribution in [0.25, 0.3) is 0 Å². The van der Waals surface area contributed by atoms with Crippen molar-refractivity contribution in [3.63, 3.8) is 0 Å². The summed E-state index contributed by atoms with van der Waals surface area (Å²) in [7, 11) is -3.50. The number of halogens is 2. The highest BCUT2D eigenvalue weighted by molar-refractivity contribution is 9.10. The van der Waals surface area contributed by atoms with Gasteiger partial charge in [0, 0.05) is 9.50 Å². The van der Waals surface area contributed by atoms with Crippen LogP contribution in [0, 0.1) is 0 Å². The van der Waals surface area contributed by atoms with Crippen LogP contribution < -0.4 is 0 Å². The number of benzene rings is 1. The first-order chi connectivity index (χ1) is 7.84. The molecule has 0 spiro atoms. The zero-order valence-corrected chi connectivity index (χ0v) is 12.0. The molecule has 0 saturated carbocycles. The van der Waals surface area contributed by atoms with E-state index in [9.17, 15) is 8.42 Å². The Balaban J connectivity index is 2.86. The standard InChI is InChI=1S/C10H12BrClO4S/c11-8-1-2-10(12)7(3-8)5-17(15,16)6-9(14)4-13/h1-3,9,13-14H,4-6H2/t9-/m0/s1. The quantitative estimate of drug-likeness (QED) is 0.847. The Morgan fingerprint density at radius 3 is 2.65 bits per heavy atom. The van der Waals surface area contributed by atoms with Crippen molar-refractivity contribution >= 4 is 37.4 Å². The minimum absolute atomic E-state index is 0.262. The highest BCUT2D eigenvalue weighted by Gasteiger charge is 2.18. The first-order valence-corrected chi connectivity index (χ1v) is 7.76. The maximum Gasteiger partial charge on any atom is 0.157 e. The molecule has 0 heterocycles. The molecule has 0 aromatic heterocycles. The zero-order valence-electron chi connectivity index (χ0n) is 8.81. The summed E-state index contributed by atoms with van der Waals surface area (Å²) in [5.74, 6) is -0.741. The fourth-order valence-corrected chi connectivity index (χ4v) is 3.49. The smallest absolute Gasteiger partial charge is 0.157 e. The summed E-state index contributed by atoms with van der Waals surface area (Å²) in [5, 5.41) is 18.1. The molecular weight excluding hydrogens is 332 g/mol. The molecule has 0 fully saturated rings. The summed E-state index contributed by atoms with van der Waals surface area (Å²) in [5.41, 5.74) is 0.464. The van der Waals surface area contributed by atoms with Crippen LogP contribution in [0.4, 0.5) is 0 Å². The van der Waals surface area contributed by atoms with Gasteiger partial charge in [0.1, 0.15) is 0 Å². The Labute approximate surface area is 113 Å². The van der Waals surface area contributed by atoms with Gasteiger partial charge in [0.2, 0.25) is 0 Å². The SMILES string of the molecule is O=S(=O)(Cc1cc(Br)ccc1Cl)C[C@@H](O)CO. The molecular formula is C10H12BrClO4S. The molecule has 0 aliphatic carbocycles. The van der Waals surface area contributed by atoms with Gasteiger partial charge in [-0.25, -0.2) is 8.42 Å². The Morgan fingerprint density at radius 1 is 1.41 bits per heavy atom. The van der Waals surface area contributed by atoms with Crippen molar-refractivity contribution in [1.82, 2.24) is 0 Å². The van der Waals surface area contributed by atoms with E-state index in [1.165, 1.54) is 0 Å². The molecule has 4 nitrogen and oxygen atoms in total. The lowest BCUT2D eigenvalue weighted by molar-refractivity contribution is 0.112. The van der Waals surface area contributed by atoms with E-state index in [4.69, 9.17) is 21.8 Å². The van der Waals surface area contributed by atoms with Crippen molar-refractivity contribution in [3.05, 3.63) is 33.3 Å². The number of aliphatic hydroxyl groups is 2. The monoisotopic (exact) mass is 342 g/mol. The van der Waals surface area contributed by atoms with Gasteiger partial charge in [-0.15, -0.1) is 0 Å². The molecule has 0 amide bonds. The predicted molar refractivity (Wildman–Crippen MR) is 69.7 cm³/mol. The largest absolute Gasteiger partial charge is 0.394 e. The van der Waals surface area contributed by atoms with Crippen LogP contribution in [0.1, 0.15) is 5.56 Å². The lowest BCUT2D eigenvalue weighted by atomic mass is 10.2. The van der Waals surface area contributed by atoms with Crippen molar-refractivity contribution < 1.29 is 18.6 Å². The highest BCUT2D eigenvalue weighted by Crippen LogP contribution is 2.23. The summed E-state index contributed by atoms with van der Waals surface area (Å²) >= 11 is 9.10. The Kier molecular flexibility index (Phi) is 5.40. The van der Waals surface area contributed by atoms with E-state index in [2.05, 4.69) is 15.9 Å². The number of hydrogen-bond acceptors (Lipinski definition) is 4. The third-order valence-electron chi connectivity index (χ3n) is 2.04. The number of sulfone groups is 1. The highest BCUT2D eigenvalue weighted by atomic mass is 79.9. The zero-order chi connectivity index (χ0) is 13.1. The maximum atomic E-state index is 11.7. The minimum Gasteiger partial charge on any atom is -0.394 e. The second kappa shape index (κ2) is 6.15. The van der Waals surface area contributed by atoms with Crippen molar-refractivity contribution in [3.8, 4) is 0 Å². The molecule has 2 N–H and O–H groups in total. The molecule has 96 valence electrons. The Bertz CT molecular complexity index is 489. The fraction of sp³-hybridized carbons (Fsp3) is 0.400. The molecule has 1 atom stereocenters. The Morgan fingerprint density at radius 2 is 2.06 bits per heavy atom. The first kappa shape index (κ1) is 14.9. The van der Waals surface area contributed by atoms with E-state index in [0.29, 0.717) is 10.6 Å². The van der Waals surface area contributed by atoms with Gasteiger partial charge in [-0.2, -0.15) is 0 Å². The molecule has 0 bridgehead atoms. The molecule has 0 unspecified atom stereocenters. The van der Waals surface area contributed by atoms with Gasteiger partial charge in [0.15, 0.2) is 9.84 Å². The van der Waals surface area contributed by atoms with Gasteiger partial charge in [0.25, 0.3) is 0 Å². The number of hydrogen-bond donors (Lipinski definition) is 2. The van der Waals surface area contributed by atoms with Crippen LogP contribution in [-0.2, 0) is 15.6 Å². The average molecular weight is 344 g/mol. The van der Waals surface area contributed by atoms with Crippen LogP contribution in [0.5, 0.6) is 0 Å². The molecule has 0 saturated heterocycles. The lowest BCUT2D eigenvalue weighted by Crippen LogP contribution is -2.25. The number of aliphatic hydroxyl groups excluding tert-OH is 2. The van der Waals surface area contributed by atoms with E-state index < -0.39 is 28.3 Å². The predicted octanol–water partition coefficient (Wildman–Crippen LogP) is 1.37. The van der Waals surface area contributed by atoms with E-state index >= 15 is 0 Å². The van der Waals surface area contributed by atoms with Crippen LogP contribution in [0.3, 0.4) is 0 Å². The van der Waals surface area contributed by atoms with Crippen molar-refractivity contribution in [1.29, 1.82) is 0 Å². The van der Waals surface area contributed by atoms with Crippen molar-refractivity contribution in [2.75, 3.05) is 12.4 Å². The van der Waals surface area contributed by atoms with Gasteiger partial charge in [-0.05, 0) is 23.8 Å². The van der Waals surface area contributed by atoms with E-state index in [-0.39, 0.29) is 5.75 Å². The van der Waals surface area contributed by atoms with Crippen molar-refractivity contribution in [2.45, 2.75) is 11.9 Å². The summed E-state index contributed by atoms with van der Waals surface area (Å²) in [6.45, 7) is -0.578. The van der Waals surface area contributed by atoms with E-state index in [0.717, 1.165) is 4.47 Å². The normalized spacial score (nSPS) is 13.6. The van der Waals surface area contributed by atoms with Crippen LogP contribution in [-0.4, -0.2) is 37.1 Å². The van der Waals surface area contributed by atoms with Gasteiger partial charge < -0.3 is 10.2 Å². The topological polar surface area (TPSA) is 74.6 Å². The van der Waals surface area contributed by atoms with E-state index in [1.54, 1.807) is 18.2 Å². The summed E-state index contributed by atoms with van der Waals surface area (Å²) in [6.07, 6.45) is -1.26. The third-order valence-corrected chi connectivity index (χ3v) is 4.55. The van der Waals surface area contributed by atoms with Gasteiger partial charge in [-0.1, -0.05) is 27.5 Å². The summed E-state index contributed by atoms with van der Waals surface area (Å²) in [4.78, 5) is 0. The van der Waals surface area contributed by atoms with Crippen LogP contribution >= 0.6 is 27.5 Å². The van der Waals surface area contributed by atoms with Gasteiger partial charge in [-0.3, -0.25) is 0 Å². The second-order valence-corrected chi connectivity index (χ2v) is 7.06. The lowest BCUT2D eigenvalue weighted by Gasteiger charge is -2.09. The maximum absolute atomic E-state index is 11.7. The van der Waals surface area contributed by atoms with E-state index in [1.807, 2.05) is 0 Å². The third kappa shape index (κ3) is 4.93.